The van der Waals surface area contributed by atoms with Crippen molar-refractivity contribution < 1.29 is 13.9 Å². The molecule has 0 aliphatic rings. The zero-order valence-corrected chi connectivity index (χ0v) is 15.9. The van der Waals surface area contributed by atoms with Gasteiger partial charge in [0.2, 0.25) is 5.88 Å². The van der Waals surface area contributed by atoms with Crippen molar-refractivity contribution in [2.24, 2.45) is 0 Å². The molecule has 0 spiro atoms. The van der Waals surface area contributed by atoms with Crippen LogP contribution >= 0.6 is 0 Å². The van der Waals surface area contributed by atoms with Crippen LogP contribution in [0.5, 0.6) is 5.88 Å². The van der Waals surface area contributed by atoms with Gasteiger partial charge >= 0.3 is 0 Å². The first-order valence-corrected chi connectivity index (χ1v) is 9.01. The van der Waals surface area contributed by atoms with Gasteiger partial charge in [-0.15, -0.1) is 0 Å². The normalized spacial score (nSPS) is 10.9. The number of aryl methyl sites for hydroxylation is 1. The molecule has 0 aliphatic heterocycles. The fourth-order valence-corrected chi connectivity index (χ4v) is 3.07. The highest BCUT2D eigenvalue weighted by Gasteiger charge is 2.13. The predicted octanol–water partition coefficient (Wildman–Crippen LogP) is 3.91. The number of hydrogen-bond acceptors (Lipinski definition) is 5. The van der Waals surface area contributed by atoms with Crippen LogP contribution in [0.15, 0.2) is 55.1 Å². The Morgan fingerprint density at radius 2 is 2.03 bits per heavy atom. The molecule has 4 aromatic rings. The Bertz CT molecular complexity index is 1200. The summed E-state index contributed by atoms with van der Waals surface area (Å²) in [5.41, 5.74) is 2.75. The predicted molar refractivity (Wildman–Crippen MR) is 107 cm³/mol. The fraction of sp³-hybridized carbons (Fsp3) is 0.143. The maximum Gasteiger partial charge on any atom is 0.255 e. The molecule has 0 aliphatic carbocycles. The lowest BCUT2D eigenvalue weighted by atomic mass is 10.0. The maximum atomic E-state index is 14.3. The van der Waals surface area contributed by atoms with E-state index in [0.717, 1.165) is 5.56 Å². The molecule has 29 heavy (non-hydrogen) atoms. The number of amides is 1. The van der Waals surface area contributed by atoms with E-state index in [4.69, 9.17) is 4.74 Å². The molecule has 0 unspecified atom stereocenters. The van der Waals surface area contributed by atoms with Gasteiger partial charge in [-0.1, -0.05) is 6.07 Å². The molecule has 0 bridgehead atoms. The molecule has 2 heterocycles. The minimum Gasteiger partial charge on any atom is -0.480 e. The molecule has 0 radical (unpaired) electrons. The van der Waals surface area contributed by atoms with Crippen LogP contribution in [-0.4, -0.2) is 32.8 Å². The number of aromatic nitrogens is 4. The molecule has 2 aromatic carbocycles. The second-order valence-electron chi connectivity index (χ2n) is 6.38. The highest BCUT2D eigenvalue weighted by Crippen LogP contribution is 2.29. The first-order valence-electron chi connectivity index (χ1n) is 9.01. The highest BCUT2D eigenvalue weighted by molar-refractivity contribution is 6.05. The minimum atomic E-state index is -0.506. The minimum absolute atomic E-state index is 0.209. The van der Waals surface area contributed by atoms with Crippen molar-refractivity contribution in [3.63, 3.8) is 0 Å². The van der Waals surface area contributed by atoms with Crippen LogP contribution in [0.4, 0.5) is 10.1 Å². The number of methoxy groups -OCH3 is 1. The number of benzene rings is 2. The molecular formula is C21H18FN5O2. The van der Waals surface area contributed by atoms with Crippen LogP contribution in [-0.2, 0) is 6.54 Å². The largest absolute Gasteiger partial charge is 0.480 e. The zero-order chi connectivity index (χ0) is 20.4. The molecule has 0 fully saturated rings. The van der Waals surface area contributed by atoms with E-state index < -0.39 is 11.7 Å². The van der Waals surface area contributed by atoms with Gasteiger partial charge in [0.1, 0.15) is 12.1 Å². The third-order valence-electron chi connectivity index (χ3n) is 4.50. The Kier molecular flexibility index (Phi) is 4.90. The SMILES string of the molecule is CCn1cc(NC(=O)c2cc(F)cc(-c3ccc4ncnc(OC)c4c3)c2)cn1. The van der Waals surface area contributed by atoms with E-state index in [-0.39, 0.29) is 5.56 Å². The summed E-state index contributed by atoms with van der Waals surface area (Å²) < 4.78 is 21.3. The molecule has 1 N–H and O–H groups in total. The molecule has 7 nitrogen and oxygen atoms in total. The third-order valence-corrected chi connectivity index (χ3v) is 4.50. The Morgan fingerprint density at radius 1 is 1.17 bits per heavy atom. The molecule has 0 saturated heterocycles. The van der Waals surface area contributed by atoms with Crippen molar-refractivity contribution in [3.8, 4) is 17.0 Å². The number of fused-ring (bicyclic) bond motifs is 1. The number of carbonyl (C=O) groups is 1. The van der Waals surface area contributed by atoms with Crippen molar-refractivity contribution in [2.45, 2.75) is 13.5 Å². The molecular weight excluding hydrogens is 373 g/mol. The van der Waals surface area contributed by atoms with Gasteiger partial charge in [-0.25, -0.2) is 14.4 Å². The van der Waals surface area contributed by atoms with Crippen molar-refractivity contribution in [1.82, 2.24) is 19.7 Å². The van der Waals surface area contributed by atoms with Gasteiger partial charge in [0, 0.05) is 18.3 Å². The highest BCUT2D eigenvalue weighted by atomic mass is 19.1. The van der Waals surface area contributed by atoms with Gasteiger partial charge in [0.25, 0.3) is 5.91 Å². The molecule has 2 aromatic heterocycles. The summed E-state index contributed by atoms with van der Waals surface area (Å²) in [6.07, 6.45) is 4.69. The van der Waals surface area contributed by atoms with Gasteiger partial charge in [-0.3, -0.25) is 9.48 Å². The number of ether oxygens (including phenoxy) is 1. The molecule has 0 saturated carbocycles. The van der Waals surface area contributed by atoms with Crippen LogP contribution in [0, 0.1) is 5.82 Å². The molecule has 146 valence electrons. The van der Waals surface area contributed by atoms with Crippen molar-refractivity contribution in [2.75, 3.05) is 12.4 Å². The van der Waals surface area contributed by atoms with E-state index in [1.54, 1.807) is 29.2 Å². The van der Waals surface area contributed by atoms with E-state index in [2.05, 4.69) is 20.4 Å². The van der Waals surface area contributed by atoms with Gasteiger partial charge in [0.05, 0.1) is 29.9 Å². The van der Waals surface area contributed by atoms with Gasteiger partial charge < -0.3 is 10.1 Å². The number of carbonyl (C=O) groups excluding carboxylic acids is 1. The molecule has 8 heteroatoms. The number of hydrogen-bond donors (Lipinski definition) is 1. The number of halogens is 1. The summed E-state index contributed by atoms with van der Waals surface area (Å²) in [4.78, 5) is 20.9. The van der Waals surface area contributed by atoms with E-state index in [1.165, 1.54) is 25.6 Å². The second kappa shape index (κ2) is 7.67. The van der Waals surface area contributed by atoms with E-state index in [0.29, 0.717) is 34.6 Å². The third kappa shape index (κ3) is 3.77. The summed E-state index contributed by atoms with van der Waals surface area (Å²) in [5, 5.41) is 7.55. The summed E-state index contributed by atoms with van der Waals surface area (Å²) in [6, 6.07) is 9.66. The standard InChI is InChI=1S/C21H18FN5O2/c1-3-27-11-17(10-25-27)26-20(28)15-6-14(7-16(22)8-15)13-4-5-19-18(9-13)21(29-2)24-12-23-19/h4-12H,3H2,1-2H3,(H,26,28). The average Bonchev–Trinajstić information content (AvgIpc) is 3.20. The summed E-state index contributed by atoms with van der Waals surface area (Å²) in [7, 11) is 1.53. The van der Waals surface area contributed by atoms with E-state index in [1.807, 2.05) is 19.1 Å². The number of rotatable bonds is 5. The Morgan fingerprint density at radius 3 is 2.79 bits per heavy atom. The lowest BCUT2D eigenvalue weighted by Crippen LogP contribution is -2.12. The van der Waals surface area contributed by atoms with Gasteiger partial charge in [-0.2, -0.15) is 5.10 Å². The van der Waals surface area contributed by atoms with E-state index >= 15 is 0 Å². The topological polar surface area (TPSA) is 81.9 Å². The van der Waals surface area contributed by atoms with E-state index in [9.17, 15) is 9.18 Å². The van der Waals surface area contributed by atoms with Crippen LogP contribution < -0.4 is 10.1 Å². The van der Waals surface area contributed by atoms with Crippen LogP contribution in [0.1, 0.15) is 17.3 Å². The zero-order valence-electron chi connectivity index (χ0n) is 15.9. The van der Waals surface area contributed by atoms with Gasteiger partial charge in [0.15, 0.2) is 0 Å². The monoisotopic (exact) mass is 391 g/mol. The van der Waals surface area contributed by atoms with Crippen LogP contribution in [0.25, 0.3) is 22.0 Å². The number of anilines is 1. The maximum absolute atomic E-state index is 14.3. The van der Waals surface area contributed by atoms with Crippen LogP contribution in [0.2, 0.25) is 0 Å². The summed E-state index contributed by atoms with van der Waals surface area (Å²) in [5.74, 6) is -0.490. The molecule has 4 rings (SSSR count). The lowest BCUT2D eigenvalue weighted by Gasteiger charge is -2.09. The molecule has 0 atom stereocenters. The fourth-order valence-electron chi connectivity index (χ4n) is 3.07. The van der Waals surface area contributed by atoms with Crippen LogP contribution in [0.3, 0.4) is 0 Å². The van der Waals surface area contributed by atoms with Crippen molar-refractivity contribution in [1.29, 1.82) is 0 Å². The smallest absolute Gasteiger partial charge is 0.255 e. The first kappa shape index (κ1) is 18.5. The van der Waals surface area contributed by atoms with Crippen molar-refractivity contribution in [3.05, 3.63) is 66.5 Å². The summed E-state index contributed by atoms with van der Waals surface area (Å²) >= 11 is 0. The lowest BCUT2D eigenvalue weighted by molar-refractivity contribution is 0.102. The van der Waals surface area contributed by atoms with Gasteiger partial charge in [-0.05, 0) is 48.4 Å². The van der Waals surface area contributed by atoms with Crippen molar-refractivity contribution >= 4 is 22.5 Å². The Labute approximate surface area is 166 Å². The second-order valence-corrected chi connectivity index (χ2v) is 6.38. The first-order chi connectivity index (χ1) is 14.1. The molecule has 1 amide bonds. The average molecular weight is 391 g/mol. The Hall–Kier alpha value is -3.81. The number of nitrogens with one attached hydrogen (secondary N) is 1. The quantitative estimate of drug-likeness (QED) is 0.558. The Balaban J connectivity index is 1.69. The summed E-state index contributed by atoms with van der Waals surface area (Å²) in [6.45, 7) is 2.64. The number of nitrogens with zero attached hydrogens (tertiary/aromatic N) is 4.